The lowest BCUT2D eigenvalue weighted by atomic mass is 10.1. The summed E-state index contributed by atoms with van der Waals surface area (Å²) in [7, 11) is 1.50. The molecule has 136 valence electrons. The summed E-state index contributed by atoms with van der Waals surface area (Å²) in [6, 6.07) is 7.09. The first kappa shape index (κ1) is 18.1. The van der Waals surface area contributed by atoms with E-state index in [9.17, 15) is 19.3 Å². The zero-order valence-corrected chi connectivity index (χ0v) is 14.4. The van der Waals surface area contributed by atoms with Crippen LogP contribution in [0.5, 0.6) is 0 Å². The molecule has 1 N–H and O–H groups in total. The Hall–Kier alpha value is -3.75. The number of nitro benzene ring substituents is 1. The summed E-state index contributed by atoms with van der Waals surface area (Å²) < 4.78 is 13.8. The van der Waals surface area contributed by atoms with E-state index in [0.29, 0.717) is 22.4 Å². The predicted molar refractivity (Wildman–Crippen MR) is 95.4 cm³/mol. The van der Waals surface area contributed by atoms with Crippen LogP contribution >= 0.6 is 0 Å². The van der Waals surface area contributed by atoms with Crippen molar-refractivity contribution in [3.05, 3.63) is 69.9 Å². The summed E-state index contributed by atoms with van der Waals surface area (Å²) in [5, 5.41) is 13.5. The van der Waals surface area contributed by atoms with Crippen molar-refractivity contribution >= 4 is 11.6 Å². The number of carbonyl (C=O) groups excluding carboxylic acids is 1. The number of amides is 1. The second-order valence-corrected chi connectivity index (χ2v) is 5.65. The number of pyridine rings is 1. The number of nitrogens with one attached hydrogen (secondary N) is 1. The maximum atomic E-state index is 13.8. The summed E-state index contributed by atoms with van der Waals surface area (Å²) in [6.07, 6.45) is 2.97. The van der Waals surface area contributed by atoms with Crippen molar-refractivity contribution in [2.75, 3.05) is 7.05 Å². The van der Waals surface area contributed by atoms with Crippen molar-refractivity contribution in [3.63, 3.8) is 0 Å². The van der Waals surface area contributed by atoms with Gasteiger partial charge in [-0.05, 0) is 36.8 Å². The summed E-state index contributed by atoms with van der Waals surface area (Å²) >= 11 is 0. The highest BCUT2D eigenvalue weighted by atomic mass is 19.1. The zero-order chi connectivity index (χ0) is 19.6. The quantitative estimate of drug-likeness (QED) is 0.561. The Balaban J connectivity index is 2.09. The molecule has 0 saturated carbocycles. The van der Waals surface area contributed by atoms with Crippen LogP contribution in [0, 0.1) is 22.9 Å². The maximum absolute atomic E-state index is 13.8. The minimum absolute atomic E-state index is 0.214. The van der Waals surface area contributed by atoms with E-state index in [2.05, 4.69) is 20.3 Å². The van der Waals surface area contributed by atoms with Crippen LogP contribution in [0.1, 0.15) is 16.1 Å². The number of hydrogen-bond acceptors (Lipinski definition) is 6. The molecule has 3 aromatic rings. The Bertz CT molecular complexity index is 1050. The lowest BCUT2D eigenvalue weighted by Crippen LogP contribution is -2.19. The minimum Gasteiger partial charge on any atom is -0.354 e. The average Bonchev–Trinajstić information content (AvgIpc) is 2.67. The highest BCUT2D eigenvalue weighted by molar-refractivity contribution is 5.93. The molecule has 9 heteroatoms. The molecule has 27 heavy (non-hydrogen) atoms. The van der Waals surface area contributed by atoms with Gasteiger partial charge < -0.3 is 5.32 Å². The zero-order valence-electron chi connectivity index (χ0n) is 14.4. The van der Waals surface area contributed by atoms with Crippen LogP contribution in [0.25, 0.3) is 22.6 Å². The van der Waals surface area contributed by atoms with Crippen LogP contribution in [-0.4, -0.2) is 32.8 Å². The van der Waals surface area contributed by atoms with Crippen LogP contribution in [0.3, 0.4) is 0 Å². The molecule has 1 amide bonds. The number of carbonyl (C=O) groups is 1. The van der Waals surface area contributed by atoms with Gasteiger partial charge in [0, 0.05) is 36.6 Å². The molecule has 0 aliphatic carbocycles. The van der Waals surface area contributed by atoms with E-state index in [1.54, 1.807) is 25.1 Å². The fourth-order valence-corrected chi connectivity index (χ4v) is 2.53. The predicted octanol–water partition coefficient (Wildman–Crippen LogP) is 2.92. The van der Waals surface area contributed by atoms with E-state index in [-0.39, 0.29) is 17.4 Å². The van der Waals surface area contributed by atoms with Gasteiger partial charge >= 0.3 is 5.69 Å². The van der Waals surface area contributed by atoms with Crippen molar-refractivity contribution in [2.45, 2.75) is 6.92 Å². The van der Waals surface area contributed by atoms with Crippen molar-refractivity contribution in [1.82, 2.24) is 20.3 Å². The van der Waals surface area contributed by atoms with Gasteiger partial charge in [-0.25, -0.2) is 9.97 Å². The molecule has 0 aliphatic rings. The highest BCUT2D eigenvalue weighted by Gasteiger charge is 2.19. The van der Waals surface area contributed by atoms with Gasteiger partial charge in [0.2, 0.25) is 5.82 Å². The fourth-order valence-electron chi connectivity index (χ4n) is 2.53. The van der Waals surface area contributed by atoms with Crippen molar-refractivity contribution in [3.8, 4) is 22.6 Å². The minimum atomic E-state index is -0.915. The molecular formula is C18H14FN5O3. The molecule has 0 atom stereocenters. The lowest BCUT2D eigenvalue weighted by molar-refractivity contribution is -0.387. The normalized spacial score (nSPS) is 10.5. The first-order valence-corrected chi connectivity index (χ1v) is 7.87. The van der Waals surface area contributed by atoms with Crippen LogP contribution in [0.2, 0.25) is 0 Å². The third kappa shape index (κ3) is 3.61. The molecule has 0 spiro atoms. The van der Waals surface area contributed by atoms with Gasteiger partial charge in [-0.2, -0.15) is 4.39 Å². The molecule has 3 rings (SSSR count). The third-order valence-corrected chi connectivity index (χ3v) is 3.90. The van der Waals surface area contributed by atoms with E-state index >= 15 is 0 Å². The number of benzene rings is 1. The summed E-state index contributed by atoms with van der Waals surface area (Å²) in [4.78, 5) is 34.5. The Labute approximate surface area is 153 Å². The van der Waals surface area contributed by atoms with E-state index < -0.39 is 16.4 Å². The Kier molecular flexibility index (Phi) is 4.84. The van der Waals surface area contributed by atoms with Gasteiger partial charge in [0.25, 0.3) is 5.91 Å². The van der Waals surface area contributed by atoms with E-state index in [1.165, 1.54) is 19.4 Å². The standard InChI is InChI=1S/C18H14FN5O3/c1-10-7-13(19)16(24(26)27)9-12(10)17-22-6-4-14(23-17)11-3-5-21-15(8-11)18(25)20-2/h3-9H,1-2H3,(H,20,25). The molecule has 0 saturated heterocycles. The second-order valence-electron chi connectivity index (χ2n) is 5.65. The topological polar surface area (TPSA) is 111 Å². The van der Waals surface area contributed by atoms with Gasteiger partial charge in [-0.15, -0.1) is 0 Å². The van der Waals surface area contributed by atoms with E-state index in [1.807, 2.05) is 0 Å². The number of nitrogens with zero attached hydrogens (tertiary/aromatic N) is 4. The summed E-state index contributed by atoms with van der Waals surface area (Å²) in [5.41, 5.74) is 1.53. The smallest absolute Gasteiger partial charge is 0.305 e. The molecular weight excluding hydrogens is 353 g/mol. The average molecular weight is 367 g/mol. The molecule has 2 aromatic heterocycles. The van der Waals surface area contributed by atoms with Crippen molar-refractivity contribution in [2.24, 2.45) is 0 Å². The van der Waals surface area contributed by atoms with Crippen LogP contribution in [0.4, 0.5) is 10.1 Å². The van der Waals surface area contributed by atoms with Gasteiger partial charge in [0.1, 0.15) is 5.69 Å². The number of aryl methyl sites for hydroxylation is 1. The monoisotopic (exact) mass is 367 g/mol. The summed E-state index contributed by atoms with van der Waals surface area (Å²) in [5.74, 6) is -1.04. The van der Waals surface area contributed by atoms with Gasteiger partial charge in [-0.3, -0.25) is 19.9 Å². The summed E-state index contributed by atoms with van der Waals surface area (Å²) in [6.45, 7) is 1.62. The number of aromatic nitrogens is 3. The molecule has 0 aliphatic heterocycles. The molecule has 0 unspecified atom stereocenters. The molecule has 2 heterocycles. The number of nitro groups is 1. The van der Waals surface area contributed by atoms with Crippen LogP contribution < -0.4 is 5.32 Å². The largest absolute Gasteiger partial charge is 0.354 e. The Morgan fingerprint density at radius 1 is 1.19 bits per heavy atom. The third-order valence-electron chi connectivity index (χ3n) is 3.90. The van der Waals surface area contributed by atoms with Crippen LogP contribution in [0.15, 0.2) is 42.7 Å². The molecule has 0 bridgehead atoms. The molecule has 1 aromatic carbocycles. The molecule has 0 fully saturated rings. The second kappa shape index (κ2) is 7.24. The first-order valence-electron chi connectivity index (χ1n) is 7.87. The van der Waals surface area contributed by atoms with Gasteiger partial charge in [0.05, 0.1) is 10.6 Å². The van der Waals surface area contributed by atoms with Gasteiger partial charge in [0.15, 0.2) is 5.82 Å². The van der Waals surface area contributed by atoms with Gasteiger partial charge in [-0.1, -0.05) is 0 Å². The first-order chi connectivity index (χ1) is 12.9. The Morgan fingerprint density at radius 2 is 1.93 bits per heavy atom. The van der Waals surface area contributed by atoms with E-state index in [4.69, 9.17) is 0 Å². The number of hydrogen-bond donors (Lipinski definition) is 1. The number of halogens is 1. The van der Waals surface area contributed by atoms with Crippen molar-refractivity contribution in [1.29, 1.82) is 0 Å². The lowest BCUT2D eigenvalue weighted by Gasteiger charge is -2.08. The molecule has 0 radical (unpaired) electrons. The SMILES string of the molecule is CNC(=O)c1cc(-c2ccnc(-c3cc([N+](=O)[O-])c(F)cc3C)n2)ccn1. The maximum Gasteiger partial charge on any atom is 0.305 e. The van der Waals surface area contributed by atoms with E-state index in [0.717, 1.165) is 12.1 Å². The molecule has 8 nitrogen and oxygen atoms in total. The Morgan fingerprint density at radius 3 is 2.63 bits per heavy atom. The van der Waals surface area contributed by atoms with Crippen molar-refractivity contribution < 1.29 is 14.1 Å². The highest BCUT2D eigenvalue weighted by Crippen LogP contribution is 2.29. The fraction of sp³-hybridized carbons (Fsp3) is 0.111. The van der Waals surface area contributed by atoms with Crippen LogP contribution in [-0.2, 0) is 0 Å². The number of rotatable bonds is 4.